The Morgan fingerprint density at radius 1 is 0.474 bits per heavy atom. The maximum Gasteiger partial charge on any atom is 0.245 e. The molecule has 6 amide bonds. The third kappa shape index (κ3) is 23.9. The molecule has 6 unspecified atom stereocenters. The van der Waals surface area contributed by atoms with Crippen molar-refractivity contribution in [3.05, 3.63) is 164 Å². The zero-order valence-electron chi connectivity index (χ0n) is 75.0. The first-order valence-electron chi connectivity index (χ1n) is 46.0. The average molecular weight is 1950 g/mol. The van der Waals surface area contributed by atoms with Crippen LogP contribution in [-0.2, 0) is 70.3 Å². The average Bonchev–Trinajstić information content (AvgIpc) is 0.726. The number of nitrogens with two attached hydrogens (primary N) is 1. The minimum atomic E-state index is -2.30. The number of carbonyl (C=O) groups excluding carboxylic acids is 8. The predicted molar refractivity (Wildman–Crippen MR) is 486 cm³/mol. The molecule has 9 aliphatic heterocycles. The van der Waals surface area contributed by atoms with Crippen LogP contribution in [0.15, 0.2) is 115 Å². The van der Waals surface area contributed by atoms with Gasteiger partial charge in [0.1, 0.15) is 138 Å². The van der Waals surface area contributed by atoms with Gasteiger partial charge in [-0.25, -0.2) is 0 Å². The van der Waals surface area contributed by atoms with Crippen LogP contribution >= 0.6 is 23.2 Å². The molecule has 738 valence electrons. The highest BCUT2D eigenvalue weighted by molar-refractivity contribution is 6.32. The van der Waals surface area contributed by atoms with E-state index in [4.69, 9.17) is 71.6 Å². The number of nitrogens with one attached hydrogen (secondary N) is 6. The van der Waals surface area contributed by atoms with Crippen molar-refractivity contribution in [3.63, 3.8) is 0 Å². The van der Waals surface area contributed by atoms with Crippen molar-refractivity contribution in [3.8, 4) is 80.1 Å². The van der Waals surface area contributed by atoms with E-state index < -0.39 is 289 Å². The second kappa shape index (κ2) is 45.7. The van der Waals surface area contributed by atoms with Gasteiger partial charge in [0.2, 0.25) is 53.8 Å². The molecule has 16 rings (SSSR count). The predicted octanol–water partition coefficient (Wildman–Crippen LogP) is 6.43. The van der Waals surface area contributed by atoms with Crippen molar-refractivity contribution in [2.75, 3.05) is 19.8 Å². The molecule has 40 heteroatoms. The molecular formula is C97H115Cl2N7O31. The van der Waals surface area contributed by atoms with Gasteiger partial charge in [-0.2, -0.15) is 0 Å². The number of halogens is 2. The molecule has 9 aliphatic rings. The van der Waals surface area contributed by atoms with Gasteiger partial charge in [-0.05, 0) is 131 Å². The number of hydrogen-bond donors (Lipinski definition) is 21. The van der Waals surface area contributed by atoms with Gasteiger partial charge in [0.05, 0.1) is 47.7 Å². The standard InChI is InChI=1S/C97H115Cl2N7O31/c1-3-4-5-6-7-8-9-10-11-12-13-14-15-16-17-18-75(117)104-80-86(122)83(119)73(43-108)134-96(80)137-90-70-35-51-36-71(90)131-67-26-22-49(33-60(67)99)89(136-95-79(102-45(2)110)85(121)82(118)72(42-107)133-95)81-94(128)101-41-52-30-54(112)38-69(132-97-88(124)87(123)84(120)74(44-109)135-97)76(52)58-32-47(20-23-62(58)113)56(91(125)106-81)40-65(116)78(51)105-92(126)57-39-64(115)61(28-46-19-25-66(130-70)59(98)27-46)103-93(127)77(100)48-21-24-63(114)68(34-48)129-55-31-50(57)29-53(111)37-55/h19-27,29-38,56-57,61,72-74,77-89,95-97,107-109,111-114,118-124H,3-18,28,39-44,100H2,1-2H3,(H,101,128)(H,102,110)(H,103,127)(H,104,117)(H,105,126)(H,106,125)/t56-,57+,61-,72?,73?,74?,77-,78-,79?,80?,81+,82-,83-,84-,85-,86-,87?,88-,89-,95+,96+,97+/m1/s1. The first-order valence-corrected chi connectivity index (χ1v) is 46.7. The third-order valence-corrected chi connectivity index (χ3v) is 26.3. The lowest BCUT2D eigenvalue weighted by atomic mass is 9.85. The molecule has 0 saturated carbocycles. The van der Waals surface area contributed by atoms with Crippen molar-refractivity contribution in [1.82, 2.24) is 31.9 Å². The number of unbranched alkanes of at least 4 members (excludes halogenated alkanes) is 14. The lowest BCUT2D eigenvalue weighted by Gasteiger charge is -2.44. The van der Waals surface area contributed by atoms with Crippen LogP contribution in [0.4, 0.5) is 0 Å². The van der Waals surface area contributed by atoms with Crippen molar-refractivity contribution < 1.29 is 152 Å². The fourth-order valence-electron chi connectivity index (χ4n) is 18.2. The summed E-state index contributed by atoms with van der Waals surface area (Å²) in [7, 11) is 0. The fraction of sp³-hybridized carbons (Fsp3) is 0.485. The Labute approximate surface area is 796 Å². The van der Waals surface area contributed by atoms with E-state index >= 15 is 24.0 Å². The molecule has 22 N–H and O–H groups in total. The molecule has 7 aromatic rings. The van der Waals surface area contributed by atoms with Gasteiger partial charge in [-0.1, -0.05) is 144 Å². The number of aliphatic hydroxyl groups is 10. The normalized spacial score (nSPS) is 27.8. The quantitative estimate of drug-likeness (QED) is 0.0247. The Balaban J connectivity index is 0.962. The van der Waals surface area contributed by atoms with E-state index in [1.807, 2.05) is 0 Å². The summed E-state index contributed by atoms with van der Waals surface area (Å²) in [5.74, 6) is -18.3. The molecule has 9 heterocycles. The van der Waals surface area contributed by atoms with E-state index in [0.29, 0.717) is 12.8 Å². The molecule has 0 radical (unpaired) electrons. The molecule has 3 saturated heterocycles. The molecular weight excluding hydrogens is 1830 g/mol. The Bertz CT molecular complexity index is 5540. The summed E-state index contributed by atoms with van der Waals surface area (Å²) in [6, 6.07) is 11.3. The number of aliphatic hydroxyl groups excluding tert-OH is 10. The van der Waals surface area contributed by atoms with Gasteiger partial charge in [0.15, 0.2) is 40.9 Å². The Morgan fingerprint density at radius 2 is 1.02 bits per heavy atom. The highest BCUT2D eigenvalue weighted by Crippen LogP contribution is 2.51. The van der Waals surface area contributed by atoms with Crippen LogP contribution in [0.25, 0.3) is 11.1 Å². The summed E-state index contributed by atoms with van der Waals surface area (Å²) in [6.07, 6.45) is -14.1. The van der Waals surface area contributed by atoms with Crippen LogP contribution in [0.2, 0.25) is 10.0 Å². The highest BCUT2D eigenvalue weighted by atomic mass is 35.5. The van der Waals surface area contributed by atoms with E-state index in [1.54, 1.807) is 0 Å². The Morgan fingerprint density at radius 3 is 1.65 bits per heavy atom. The maximum atomic E-state index is 17.2. The van der Waals surface area contributed by atoms with Crippen molar-refractivity contribution in [1.29, 1.82) is 0 Å². The zero-order chi connectivity index (χ0) is 97.9. The van der Waals surface area contributed by atoms with E-state index in [1.165, 1.54) is 112 Å². The number of benzene rings is 7. The highest BCUT2D eigenvalue weighted by Gasteiger charge is 2.52. The zero-order valence-corrected chi connectivity index (χ0v) is 76.5. The molecule has 17 bridgehead atoms. The number of rotatable bonds is 27. The van der Waals surface area contributed by atoms with Crippen LogP contribution in [0, 0.1) is 0 Å². The number of aromatic hydroxyl groups is 4. The molecule has 0 aliphatic carbocycles. The van der Waals surface area contributed by atoms with E-state index in [-0.39, 0.29) is 73.2 Å². The van der Waals surface area contributed by atoms with Gasteiger partial charge in [0, 0.05) is 56.0 Å². The monoisotopic (exact) mass is 1940 g/mol. The van der Waals surface area contributed by atoms with Crippen LogP contribution in [0.3, 0.4) is 0 Å². The summed E-state index contributed by atoms with van der Waals surface area (Å²) in [5, 5.41) is 175. The molecule has 0 spiro atoms. The van der Waals surface area contributed by atoms with E-state index in [0.717, 1.165) is 94.0 Å². The smallest absolute Gasteiger partial charge is 0.245 e. The summed E-state index contributed by atoms with van der Waals surface area (Å²) in [4.78, 5) is 125. The van der Waals surface area contributed by atoms with Gasteiger partial charge in [-0.15, -0.1) is 0 Å². The largest absolute Gasteiger partial charge is 0.508 e. The second-order valence-corrected chi connectivity index (χ2v) is 36.4. The molecule has 3 fully saturated rings. The minimum absolute atomic E-state index is 0.0748. The maximum absolute atomic E-state index is 17.2. The number of phenols is 4. The number of ketones is 2. The number of amides is 6. The van der Waals surface area contributed by atoms with Gasteiger partial charge >= 0.3 is 0 Å². The SMILES string of the molecule is CCCCCCCCCCCCCCCCCC(=O)NC1[C@H](Oc2c3cc4cc2Oc2ccc(cc2Cl)[C@@H](O[C@@H]2OC(CO)[C@@H](O)[C@H](O)C2NC(C)=O)[C@@H]2NC(=O)[C@H](CC(=O)[C@@H]4NC(=O)[C@H]4CC(=O)[C@@H](Cc5ccc(c(Cl)c5)O3)NC(=O)[C@H](N)c3ccc(O)c(c3)Oc3cc(O)cc4c3)c3ccc(O)c(c3)-c3c(cc(O)cc3O[C@H]3OC(CO)[C@@H](O)C(O)[C@H]3O)CNC2=O)OC(CO)[C@@H](O)[C@@H]1O. The lowest BCUT2D eigenvalue weighted by molar-refractivity contribution is -0.284. The number of phenolic OH excluding ortho intramolecular Hbond substituents is 4. The fourth-order valence-corrected chi connectivity index (χ4v) is 18.7. The Kier molecular flexibility index (Phi) is 33.9. The van der Waals surface area contributed by atoms with E-state index in [2.05, 4.69) is 38.8 Å². The summed E-state index contributed by atoms with van der Waals surface area (Å²) >= 11 is 14.9. The number of hydrogen-bond acceptors (Lipinski definition) is 32. The molecule has 0 aromatic heterocycles. The van der Waals surface area contributed by atoms with Crippen molar-refractivity contribution >= 4 is 70.2 Å². The van der Waals surface area contributed by atoms with E-state index in [9.17, 15) is 85.9 Å². The number of fused-ring (bicyclic) bond motifs is 14. The van der Waals surface area contributed by atoms with Crippen LogP contribution in [-0.4, -0.2) is 242 Å². The van der Waals surface area contributed by atoms with Crippen LogP contribution < -0.4 is 61.3 Å². The topological polar surface area (TPSA) is 601 Å². The summed E-state index contributed by atoms with van der Waals surface area (Å²) in [6.45, 7) is -0.450. The molecule has 7 aromatic carbocycles. The number of ether oxygens (including phenoxy) is 9. The number of carbonyl (C=O) groups is 8. The molecule has 22 atom stereocenters. The Hall–Kier alpha value is -11.1. The van der Waals surface area contributed by atoms with Crippen molar-refractivity contribution in [2.24, 2.45) is 5.73 Å². The minimum Gasteiger partial charge on any atom is -0.508 e. The summed E-state index contributed by atoms with van der Waals surface area (Å²) < 4.78 is 58.2. The first kappa shape index (κ1) is 102. The summed E-state index contributed by atoms with van der Waals surface area (Å²) in [5.41, 5.74) is 5.04. The molecule has 38 nitrogen and oxygen atoms in total. The van der Waals surface area contributed by atoms with Crippen LogP contribution in [0.5, 0.6) is 69.0 Å². The van der Waals surface area contributed by atoms with Gasteiger partial charge < -0.3 is 152 Å². The number of Topliss-reactive ketones (excluding diaryl/α,β-unsaturated/α-hetero) is 2. The van der Waals surface area contributed by atoms with Crippen molar-refractivity contribution in [2.45, 2.75) is 276 Å². The lowest BCUT2D eigenvalue weighted by Crippen LogP contribution is -2.65. The first-order chi connectivity index (χ1) is 65.7. The third-order valence-electron chi connectivity index (χ3n) is 25.7. The molecule has 137 heavy (non-hydrogen) atoms. The van der Waals surface area contributed by atoms with Crippen LogP contribution in [0.1, 0.15) is 198 Å². The van der Waals surface area contributed by atoms with Gasteiger partial charge in [-0.3, -0.25) is 38.4 Å². The second-order valence-electron chi connectivity index (χ2n) is 35.6. The van der Waals surface area contributed by atoms with Gasteiger partial charge in [0.25, 0.3) is 0 Å².